The summed E-state index contributed by atoms with van der Waals surface area (Å²) in [5.41, 5.74) is 6.17. The van der Waals surface area contributed by atoms with Crippen LogP contribution in [0.4, 0.5) is 5.88 Å². The molecule has 0 radical (unpaired) electrons. The van der Waals surface area contributed by atoms with E-state index in [-0.39, 0.29) is 5.88 Å². The Morgan fingerprint density at radius 3 is 3.00 bits per heavy atom. The van der Waals surface area contributed by atoms with Gasteiger partial charge in [-0.1, -0.05) is 5.21 Å². The third-order valence-corrected chi connectivity index (χ3v) is 2.13. The van der Waals surface area contributed by atoms with Crippen LogP contribution >= 0.6 is 0 Å². The summed E-state index contributed by atoms with van der Waals surface area (Å²) in [6.07, 6.45) is 2.39. The van der Waals surface area contributed by atoms with E-state index in [4.69, 9.17) is 10.2 Å². The van der Waals surface area contributed by atoms with Gasteiger partial charge in [0.2, 0.25) is 0 Å². The average molecular weight is 237 g/mol. The van der Waals surface area contributed by atoms with Gasteiger partial charge in [0.15, 0.2) is 0 Å². The van der Waals surface area contributed by atoms with Crippen LogP contribution in [0.15, 0.2) is 22.7 Å². The van der Waals surface area contributed by atoms with Crippen molar-refractivity contribution < 1.29 is 9.34 Å². The van der Waals surface area contributed by atoms with E-state index >= 15 is 0 Å². The Bertz CT molecular complexity index is 518. The second-order valence-electron chi connectivity index (χ2n) is 3.44. The normalized spacial score (nSPS) is 10.6. The Morgan fingerprint density at radius 1 is 1.53 bits per heavy atom. The number of aromatic nitrogens is 3. The summed E-state index contributed by atoms with van der Waals surface area (Å²) in [6.45, 7) is 0.816. The fourth-order valence-corrected chi connectivity index (χ4v) is 1.39. The van der Waals surface area contributed by atoms with Gasteiger partial charge >= 0.3 is 5.88 Å². The molecule has 0 spiro atoms. The van der Waals surface area contributed by atoms with Crippen LogP contribution < -0.4 is 5.73 Å². The number of hydrogen-bond donors (Lipinski definition) is 1. The van der Waals surface area contributed by atoms with Gasteiger partial charge in [0.1, 0.15) is 17.2 Å². The van der Waals surface area contributed by atoms with Crippen LogP contribution in [-0.2, 0) is 13.0 Å². The van der Waals surface area contributed by atoms with Crippen molar-refractivity contribution in [2.75, 3.05) is 6.54 Å². The van der Waals surface area contributed by atoms with Crippen LogP contribution in [0.3, 0.4) is 0 Å². The van der Waals surface area contributed by atoms with Crippen LogP contribution in [0.1, 0.15) is 11.5 Å². The zero-order valence-electron chi connectivity index (χ0n) is 8.94. The highest BCUT2D eigenvalue weighted by Crippen LogP contribution is 2.16. The maximum atomic E-state index is 10.4. The third-order valence-electron chi connectivity index (χ3n) is 2.13. The molecule has 17 heavy (non-hydrogen) atoms. The number of rotatable bonds is 5. The van der Waals surface area contributed by atoms with E-state index in [0.29, 0.717) is 25.3 Å². The van der Waals surface area contributed by atoms with Gasteiger partial charge in [0.05, 0.1) is 11.8 Å². The van der Waals surface area contributed by atoms with E-state index in [1.807, 2.05) is 0 Å². The summed E-state index contributed by atoms with van der Waals surface area (Å²) in [6, 6.07) is 2.86. The molecule has 2 rings (SSSR count). The van der Waals surface area contributed by atoms with Crippen LogP contribution in [0, 0.1) is 10.1 Å². The molecule has 8 heteroatoms. The van der Waals surface area contributed by atoms with Crippen molar-refractivity contribution in [3.8, 4) is 0 Å². The van der Waals surface area contributed by atoms with Gasteiger partial charge in [-0.2, -0.15) is 0 Å². The van der Waals surface area contributed by atoms with Gasteiger partial charge in [-0.25, -0.2) is 4.68 Å². The Kier molecular flexibility index (Phi) is 3.15. The van der Waals surface area contributed by atoms with Crippen molar-refractivity contribution in [3.63, 3.8) is 0 Å². The molecule has 0 saturated heterocycles. The lowest BCUT2D eigenvalue weighted by atomic mass is 10.3. The summed E-state index contributed by atoms with van der Waals surface area (Å²) in [4.78, 5) is 9.84. The summed E-state index contributed by atoms with van der Waals surface area (Å²) < 4.78 is 6.56. The molecule has 2 aromatic rings. The minimum atomic E-state index is -0.579. The van der Waals surface area contributed by atoms with Gasteiger partial charge in [-0.15, -0.1) is 5.10 Å². The Labute approximate surface area is 96.2 Å². The predicted molar refractivity (Wildman–Crippen MR) is 57.2 cm³/mol. The fraction of sp³-hybridized carbons (Fsp3) is 0.333. The molecule has 2 heterocycles. The second-order valence-corrected chi connectivity index (χ2v) is 3.44. The highest BCUT2D eigenvalue weighted by atomic mass is 16.6. The predicted octanol–water partition coefficient (Wildman–Crippen LogP) is 0.329. The molecular formula is C9H11N5O3. The van der Waals surface area contributed by atoms with Crippen molar-refractivity contribution in [3.05, 3.63) is 39.9 Å². The lowest BCUT2D eigenvalue weighted by Crippen LogP contribution is -2.02. The Hall–Kier alpha value is -2.22. The highest BCUT2D eigenvalue weighted by molar-refractivity contribution is 5.17. The van der Waals surface area contributed by atoms with Gasteiger partial charge in [-0.05, 0) is 12.6 Å². The van der Waals surface area contributed by atoms with Crippen LogP contribution in [0.5, 0.6) is 0 Å². The zero-order chi connectivity index (χ0) is 12.3. The summed E-state index contributed by atoms with van der Waals surface area (Å²) >= 11 is 0. The number of nitro groups is 1. The largest absolute Gasteiger partial charge is 0.433 e. The first-order valence-electron chi connectivity index (χ1n) is 5.01. The van der Waals surface area contributed by atoms with Gasteiger partial charge in [0, 0.05) is 12.6 Å². The molecule has 0 atom stereocenters. The molecule has 2 N–H and O–H groups in total. The lowest BCUT2D eigenvalue weighted by Gasteiger charge is -1.94. The first kappa shape index (κ1) is 11.3. The van der Waals surface area contributed by atoms with E-state index in [1.54, 1.807) is 16.9 Å². The molecule has 0 unspecified atom stereocenters. The van der Waals surface area contributed by atoms with Crippen molar-refractivity contribution in [1.29, 1.82) is 0 Å². The fourth-order valence-electron chi connectivity index (χ4n) is 1.39. The number of nitrogens with zero attached hydrogens (tertiary/aromatic N) is 4. The minimum absolute atomic E-state index is 0.276. The van der Waals surface area contributed by atoms with E-state index in [1.165, 1.54) is 6.07 Å². The monoisotopic (exact) mass is 237 g/mol. The standard InChI is InChI=1S/C9H11N5O3/c10-4-3-7-5-13(12-11-7)6-8-1-2-9(17-8)14(15)16/h1-2,5H,3-4,6,10H2. The Morgan fingerprint density at radius 2 is 2.35 bits per heavy atom. The molecule has 0 aliphatic heterocycles. The summed E-state index contributed by atoms with van der Waals surface area (Å²) in [5, 5.41) is 18.2. The van der Waals surface area contributed by atoms with E-state index in [0.717, 1.165) is 5.69 Å². The highest BCUT2D eigenvalue weighted by Gasteiger charge is 2.12. The lowest BCUT2D eigenvalue weighted by molar-refractivity contribution is -0.402. The molecule has 90 valence electrons. The van der Waals surface area contributed by atoms with Gasteiger partial charge in [-0.3, -0.25) is 10.1 Å². The average Bonchev–Trinajstić information content (AvgIpc) is 2.89. The van der Waals surface area contributed by atoms with Crippen molar-refractivity contribution in [2.24, 2.45) is 5.73 Å². The molecule has 0 aromatic carbocycles. The van der Waals surface area contributed by atoms with Crippen LogP contribution in [0.25, 0.3) is 0 Å². The molecule has 0 amide bonds. The molecule has 0 aliphatic rings. The SMILES string of the molecule is NCCc1cn(Cc2ccc([N+](=O)[O-])o2)nn1. The number of hydrogen-bond acceptors (Lipinski definition) is 6. The number of nitrogens with two attached hydrogens (primary N) is 1. The topological polar surface area (TPSA) is 113 Å². The van der Waals surface area contributed by atoms with Crippen LogP contribution in [-0.4, -0.2) is 26.5 Å². The molecule has 0 aliphatic carbocycles. The molecule has 0 saturated carbocycles. The third kappa shape index (κ3) is 2.67. The first-order valence-corrected chi connectivity index (χ1v) is 5.01. The Balaban J connectivity index is 2.05. The van der Waals surface area contributed by atoms with Gasteiger partial charge < -0.3 is 10.2 Å². The molecule has 8 nitrogen and oxygen atoms in total. The number of furan rings is 1. The minimum Gasteiger partial charge on any atom is -0.404 e. The maximum absolute atomic E-state index is 10.4. The van der Waals surface area contributed by atoms with E-state index in [2.05, 4.69) is 10.3 Å². The summed E-state index contributed by atoms with van der Waals surface area (Å²) in [5.74, 6) is 0.184. The maximum Gasteiger partial charge on any atom is 0.433 e. The summed E-state index contributed by atoms with van der Waals surface area (Å²) in [7, 11) is 0. The van der Waals surface area contributed by atoms with Crippen molar-refractivity contribution in [2.45, 2.75) is 13.0 Å². The van der Waals surface area contributed by atoms with E-state index < -0.39 is 4.92 Å². The first-order chi connectivity index (χ1) is 8.19. The van der Waals surface area contributed by atoms with E-state index in [9.17, 15) is 10.1 Å². The molecule has 0 fully saturated rings. The second kappa shape index (κ2) is 4.74. The van der Waals surface area contributed by atoms with Crippen molar-refractivity contribution in [1.82, 2.24) is 15.0 Å². The molecule has 2 aromatic heterocycles. The smallest absolute Gasteiger partial charge is 0.404 e. The molecular weight excluding hydrogens is 226 g/mol. The molecule has 0 bridgehead atoms. The zero-order valence-corrected chi connectivity index (χ0v) is 8.94. The van der Waals surface area contributed by atoms with Crippen LogP contribution in [0.2, 0.25) is 0 Å². The quantitative estimate of drug-likeness (QED) is 0.592. The van der Waals surface area contributed by atoms with Crippen molar-refractivity contribution >= 4 is 5.88 Å². The van der Waals surface area contributed by atoms with Gasteiger partial charge in [0.25, 0.3) is 0 Å².